The monoisotopic (exact) mass is 424 g/mol. The minimum atomic E-state index is -0.834. The minimum absolute atomic E-state index is 0.213. The number of hydrogen-bond acceptors (Lipinski definition) is 5. The van der Waals surface area contributed by atoms with E-state index in [9.17, 15) is 14.4 Å². The average molecular weight is 425 g/mol. The van der Waals surface area contributed by atoms with Gasteiger partial charge in [0.25, 0.3) is 11.8 Å². The smallest absolute Gasteiger partial charge is 0.335 e. The summed E-state index contributed by atoms with van der Waals surface area (Å²) in [5, 5.41) is 3.13. The summed E-state index contributed by atoms with van der Waals surface area (Å²) < 4.78 is 5.70. The quantitative estimate of drug-likeness (QED) is 0.483. The Hall–Kier alpha value is -3.29. The number of imide groups is 2. The van der Waals surface area contributed by atoms with Gasteiger partial charge in [0, 0.05) is 9.92 Å². The summed E-state index contributed by atoms with van der Waals surface area (Å²) in [5.41, 5.74) is 0.0494. The van der Waals surface area contributed by atoms with Gasteiger partial charge >= 0.3 is 6.03 Å². The van der Waals surface area contributed by atoms with Gasteiger partial charge in [-0.15, -0.1) is 0 Å². The maximum absolute atomic E-state index is 12.8. The summed E-state index contributed by atoms with van der Waals surface area (Å²) in [7, 11) is 0. The van der Waals surface area contributed by atoms with Crippen molar-refractivity contribution < 1.29 is 18.8 Å². The van der Waals surface area contributed by atoms with E-state index in [1.807, 2.05) is 30.3 Å². The number of anilines is 1. The van der Waals surface area contributed by atoms with Crippen LogP contribution in [0.4, 0.5) is 10.5 Å². The maximum atomic E-state index is 12.8. The first-order chi connectivity index (χ1) is 14.0. The van der Waals surface area contributed by atoms with Gasteiger partial charge in [0.2, 0.25) is 0 Å². The molecule has 29 heavy (non-hydrogen) atoms. The van der Waals surface area contributed by atoms with Crippen molar-refractivity contribution in [2.45, 2.75) is 9.99 Å². The molecule has 2 heterocycles. The Morgan fingerprint density at radius 2 is 1.76 bits per heavy atom. The molecule has 2 aromatic carbocycles. The number of barbiturate groups is 1. The van der Waals surface area contributed by atoms with Gasteiger partial charge in [0.1, 0.15) is 11.3 Å². The lowest BCUT2D eigenvalue weighted by atomic mass is 10.1. The van der Waals surface area contributed by atoms with Gasteiger partial charge < -0.3 is 4.42 Å². The number of amides is 4. The zero-order valence-electron chi connectivity index (χ0n) is 14.8. The number of nitrogens with zero attached hydrogens (tertiary/aromatic N) is 1. The van der Waals surface area contributed by atoms with Crippen molar-refractivity contribution in [2.24, 2.45) is 0 Å². The van der Waals surface area contributed by atoms with Crippen molar-refractivity contribution in [2.75, 3.05) is 4.90 Å². The predicted molar refractivity (Wildman–Crippen MR) is 110 cm³/mol. The van der Waals surface area contributed by atoms with Crippen molar-refractivity contribution in [3.63, 3.8) is 0 Å². The zero-order chi connectivity index (χ0) is 20.4. The third kappa shape index (κ3) is 4.11. The second kappa shape index (κ2) is 7.98. The Morgan fingerprint density at radius 3 is 2.52 bits per heavy atom. The van der Waals surface area contributed by atoms with Crippen LogP contribution in [0, 0.1) is 0 Å². The standard InChI is InChI=1S/C21H13ClN2O4S/c22-13-5-4-6-14(11-13)24-20(26)17(19(25)23-21(24)27)12-15-9-10-18(28-15)29-16-7-2-1-3-8-16/h1-12H,(H,23,25,27)/b17-12+. The molecular weight excluding hydrogens is 412 g/mol. The number of rotatable bonds is 4. The lowest BCUT2D eigenvalue weighted by Crippen LogP contribution is -2.54. The second-order valence-corrected chi connectivity index (χ2v) is 7.52. The molecule has 3 aromatic rings. The molecule has 0 spiro atoms. The molecule has 0 bridgehead atoms. The van der Waals surface area contributed by atoms with Gasteiger partial charge in [-0.3, -0.25) is 14.9 Å². The minimum Gasteiger partial charge on any atom is -0.450 e. The van der Waals surface area contributed by atoms with E-state index in [1.54, 1.807) is 30.3 Å². The molecule has 0 unspecified atom stereocenters. The SMILES string of the molecule is O=C1NC(=O)N(c2cccc(Cl)c2)C(=O)/C1=C/c1ccc(Sc2ccccc2)o1. The van der Waals surface area contributed by atoms with Crippen LogP contribution in [-0.4, -0.2) is 17.8 Å². The van der Waals surface area contributed by atoms with Gasteiger partial charge in [-0.05, 0) is 48.5 Å². The Kier molecular flexibility index (Phi) is 5.24. The number of halogens is 1. The van der Waals surface area contributed by atoms with E-state index in [2.05, 4.69) is 5.32 Å². The molecule has 8 heteroatoms. The summed E-state index contributed by atoms with van der Waals surface area (Å²) in [5.74, 6) is -1.22. The van der Waals surface area contributed by atoms with E-state index >= 15 is 0 Å². The fourth-order valence-electron chi connectivity index (χ4n) is 2.72. The van der Waals surface area contributed by atoms with Crippen molar-refractivity contribution in [3.8, 4) is 0 Å². The number of urea groups is 1. The largest absolute Gasteiger partial charge is 0.450 e. The van der Waals surface area contributed by atoms with Gasteiger partial charge in [0.15, 0.2) is 5.09 Å². The van der Waals surface area contributed by atoms with Crippen LogP contribution in [0.15, 0.2) is 86.7 Å². The van der Waals surface area contributed by atoms with E-state index in [0.29, 0.717) is 15.9 Å². The van der Waals surface area contributed by atoms with Crippen LogP contribution in [0.1, 0.15) is 5.76 Å². The highest BCUT2D eigenvalue weighted by molar-refractivity contribution is 7.99. The normalized spacial score (nSPS) is 15.7. The van der Waals surface area contributed by atoms with Crippen molar-refractivity contribution in [1.82, 2.24) is 5.32 Å². The molecule has 1 N–H and O–H groups in total. The Morgan fingerprint density at radius 1 is 0.966 bits per heavy atom. The molecule has 1 saturated heterocycles. The van der Waals surface area contributed by atoms with E-state index in [1.165, 1.54) is 23.9 Å². The first-order valence-corrected chi connectivity index (χ1v) is 9.70. The van der Waals surface area contributed by atoms with E-state index < -0.39 is 17.8 Å². The van der Waals surface area contributed by atoms with Crippen LogP contribution in [0.5, 0.6) is 0 Å². The number of benzene rings is 2. The van der Waals surface area contributed by atoms with Crippen LogP contribution < -0.4 is 10.2 Å². The molecule has 1 fully saturated rings. The number of carbonyl (C=O) groups excluding carboxylic acids is 3. The molecule has 1 aliphatic rings. The second-order valence-electron chi connectivity index (χ2n) is 6.01. The fraction of sp³-hybridized carbons (Fsp3) is 0. The van der Waals surface area contributed by atoms with Gasteiger partial charge in [0.05, 0.1) is 5.69 Å². The van der Waals surface area contributed by atoms with Crippen LogP contribution >= 0.6 is 23.4 Å². The van der Waals surface area contributed by atoms with Crippen LogP contribution in [0.25, 0.3) is 6.08 Å². The third-order valence-electron chi connectivity index (χ3n) is 4.02. The first-order valence-electron chi connectivity index (χ1n) is 8.51. The van der Waals surface area contributed by atoms with E-state index in [0.717, 1.165) is 9.80 Å². The lowest BCUT2D eigenvalue weighted by molar-refractivity contribution is -0.122. The van der Waals surface area contributed by atoms with Crippen molar-refractivity contribution >= 4 is 53.0 Å². The molecular formula is C21H13ClN2O4S. The topological polar surface area (TPSA) is 79.6 Å². The summed E-state index contributed by atoms with van der Waals surface area (Å²) in [6, 6.07) is 18.4. The molecule has 0 saturated carbocycles. The van der Waals surface area contributed by atoms with E-state index in [-0.39, 0.29) is 11.3 Å². The third-order valence-corrected chi connectivity index (χ3v) is 5.18. The number of carbonyl (C=O) groups is 3. The Bertz CT molecular complexity index is 1140. The van der Waals surface area contributed by atoms with Crippen molar-refractivity contribution in [1.29, 1.82) is 0 Å². The van der Waals surface area contributed by atoms with Crippen LogP contribution in [-0.2, 0) is 9.59 Å². The molecule has 0 radical (unpaired) electrons. The molecule has 6 nitrogen and oxygen atoms in total. The van der Waals surface area contributed by atoms with Gasteiger partial charge in [-0.1, -0.05) is 47.6 Å². The van der Waals surface area contributed by atoms with Crippen LogP contribution in [0.3, 0.4) is 0 Å². The van der Waals surface area contributed by atoms with Crippen LogP contribution in [0.2, 0.25) is 5.02 Å². The molecule has 4 amide bonds. The summed E-state index contributed by atoms with van der Waals surface area (Å²) in [6.45, 7) is 0. The zero-order valence-corrected chi connectivity index (χ0v) is 16.4. The number of furan rings is 1. The average Bonchev–Trinajstić information content (AvgIpc) is 3.13. The molecule has 4 rings (SSSR count). The highest BCUT2D eigenvalue weighted by Gasteiger charge is 2.37. The lowest BCUT2D eigenvalue weighted by Gasteiger charge is -2.26. The first kappa shape index (κ1) is 19.0. The van der Waals surface area contributed by atoms with E-state index in [4.69, 9.17) is 16.0 Å². The summed E-state index contributed by atoms with van der Waals surface area (Å²) >= 11 is 7.37. The van der Waals surface area contributed by atoms with Crippen molar-refractivity contribution in [3.05, 3.63) is 83.1 Å². The maximum Gasteiger partial charge on any atom is 0.335 e. The molecule has 1 aliphatic heterocycles. The molecule has 0 aliphatic carbocycles. The highest BCUT2D eigenvalue weighted by atomic mass is 35.5. The summed E-state index contributed by atoms with van der Waals surface area (Å²) in [6.07, 6.45) is 1.32. The van der Waals surface area contributed by atoms with Gasteiger partial charge in [-0.25, -0.2) is 9.69 Å². The summed E-state index contributed by atoms with van der Waals surface area (Å²) in [4.78, 5) is 39.1. The Balaban J connectivity index is 1.61. The van der Waals surface area contributed by atoms with Gasteiger partial charge in [-0.2, -0.15) is 0 Å². The molecule has 1 aromatic heterocycles. The molecule has 144 valence electrons. The fourth-order valence-corrected chi connectivity index (χ4v) is 3.70. The number of nitrogens with one attached hydrogen (secondary N) is 1. The predicted octanol–water partition coefficient (Wildman–Crippen LogP) is 4.75. The Labute approximate surface area is 175 Å². The number of hydrogen-bond donors (Lipinski definition) is 1. The molecule has 0 atom stereocenters. The highest BCUT2D eigenvalue weighted by Crippen LogP contribution is 2.30.